The molecular formula is C11H12N4O2S2. The Balaban J connectivity index is 1.93. The zero-order valence-electron chi connectivity index (χ0n) is 10.1. The normalized spacial score (nSPS) is 21.0. The van der Waals surface area contributed by atoms with Gasteiger partial charge >= 0.3 is 0 Å². The molecule has 2 heterocycles. The molecule has 1 unspecified atom stereocenters. The number of carbonyl (C=O) groups is 2. The van der Waals surface area contributed by atoms with Crippen molar-refractivity contribution in [2.45, 2.75) is 11.7 Å². The van der Waals surface area contributed by atoms with Crippen molar-refractivity contribution in [1.29, 1.82) is 0 Å². The second kappa shape index (κ2) is 6.48. The van der Waals surface area contributed by atoms with Crippen molar-refractivity contribution in [3.05, 3.63) is 22.4 Å². The first-order chi connectivity index (χ1) is 9.19. The van der Waals surface area contributed by atoms with Crippen LogP contribution in [0.2, 0.25) is 0 Å². The molecule has 0 saturated carbocycles. The Morgan fingerprint density at radius 3 is 3.16 bits per heavy atom. The molecule has 100 valence electrons. The van der Waals surface area contributed by atoms with Gasteiger partial charge in [0, 0.05) is 18.3 Å². The Kier molecular flexibility index (Phi) is 4.69. The van der Waals surface area contributed by atoms with Crippen LogP contribution in [-0.4, -0.2) is 35.5 Å². The minimum absolute atomic E-state index is 0.140. The number of amides is 2. The van der Waals surface area contributed by atoms with Crippen LogP contribution in [0.3, 0.4) is 0 Å². The van der Waals surface area contributed by atoms with E-state index in [-0.39, 0.29) is 18.2 Å². The summed E-state index contributed by atoms with van der Waals surface area (Å²) in [6, 6.07) is 3.84. The van der Waals surface area contributed by atoms with Gasteiger partial charge in [-0.1, -0.05) is 17.8 Å². The first-order valence-corrected chi connectivity index (χ1v) is 7.27. The maximum absolute atomic E-state index is 11.6. The van der Waals surface area contributed by atoms with Gasteiger partial charge in [-0.2, -0.15) is 5.10 Å². The minimum Gasteiger partial charge on any atom is -0.359 e. The SMILES string of the molecule is CNC(=O)CC1S/C(=N\N=C\c2cccs2)NC1=O. The van der Waals surface area contributed by atoms with E-state index >= 15 is 0 Å². The van der Waals surface area contributed by atoms with E-state index in [1.54, 1.807) is 24.6 Å². The van der Waals surface area contributed by atoms with Crippen molar-refractivity contribution in [1.82, 2.24) is 10.6 Å². The molecule has 1 aromatic rings. The van der Waals surface area contributed by atoms with Crippen LogP contribution in [-0.2, 0) is 9.59 Å². The van der Waals surface area contributed by atoms with Crippen LogP contribution in [0.25, 0.3) is 0 Å². The lowest BCUT2D eigenvalue weighted by atomic mass is 10.3. The summed E-state index contributed by atoms with van der Waals surface area (Å²) in [5.41, 5.74) is 0. The van der Waals surface area contributed by atoms with Gasteiger partial charge in [0.25, 0.3) is 0 Å². The number of thiophene rings is 1. The molecule has 0 bridgehead atoms. The third-order valence-electron chi connectivity index (χ3n) is 2.30. The summed E-state index contributed by atoms with van der Waals surface area (Å²) < 4.78 is 0. The monoisotopic (exact) mass is 296 g/mol. The van der Waals surface area contributed by atoms with E-state index in [0.717, 1.165) is 4.88 Å². The first-order valence-electron chi connectivity index (χ1n) is 5.51. The highest BCUT2D eigenvalue weighted by molar-refractivity contribution is 8.15. The van der Waals surface area contributed by atoms with Gasteiger partial charge in [-0.25, -0.2) is 0 Å². The summed E-state index contributed by atoms with van der Waals surface area (Å²) in [5, 5.41) is 14.8. The fourth-order valence-electron chi connectivity index (χ4n) is 1.36. The van der Waals surface area contributed by atoms with Crippen LogP contribution < -0.4 is 10.6 Å². The molecule has 2 amide bonds. The zero-order valence-corrected chi connectivity index (χ0v) is 11.8. The van der Waals surface area contributed by atoms with Crippen molar-refractivity contribution in [2.24, 2.45) is 10.2 Å². The molecule has 19 heavy (non-hydrogen) atoms. The van der Waals surface area contributed by atoms with E-state index in [2.05, 4.69) is 20.8 Å². The third kappa shape index (κ3) is 3.90. The molecule has 0 radical (unpaired) electrons. The second-order valence-electron chi connectivity index (χ2n) is 3.64. The predicted octanol–water partition coefficient (Wildman–Crippen LogP) is 0.806. The van der Waals surface area contributed by atoms with Crippen LogP contribution in [0.1, 0.15) is 11.3 Å². The van der Waals surface area contributed by atoms with E-state index in [0.29, 0.717) is 5.17 Å². The highest BCUT2D eigenvalue weighted by atomic mass is 32.2. The average Bonchev–Trinajstić information content (AvgIpc) is 3.00. The average molecular weight is 296 g/mol. The highest BCUT2D eigenvalue weighted by Gasteiger charge is 2.31. The molecule has 1 atom stereocenters. The lowest BCUT2D eigenvalue weighted by molar-refractivity contribution is -0.124. The Morgan fingerprint density at radius 2 is 2.47 bits per heavy atom. The maximum atomic E-state index is 11.6. The minimum atomic E-state index is -0.435. The topological polar surface area (TPSA) is 82.9 Å². The lowest BCUT2D eigenvalue weighted by Gasteiger charge is -2.02. The fraction of sp³-hybridized carbons (Fsp3) is 0.273. The summed E-state index contributed by atoms with van der Waals surface area (Å²) in [7, 11) is 1.54. The summed E-state index contributed by atoms with van der Waals surface area (Å²) in [6.45, 7) is 0. The van der Waals surface area contributed by atoms with Crippen LogP contribution in [0.5, 0.6) is 0 Å². The van der Waals surface area contributed by atoms with Gasteiger partial charge in [-0.05, 0) is 11.4 Å². The van der Waals surface area contributed by atoms with Gasteiger partial charge in [0.05, 0.1) is 6.21 Å². The quantitative estimate of drug-likeness (QED) is 0.637. The van der Waals surface area contributed by atoms with Crippen LogP contribution >= 0.6 is 23.1 Å². The Bertz CT molecular complexity index is 525. The van der Waals surface area contributed by atoms with E-state index < -0.39 is 5.25 Å². The molecule has 1 aliphatic heterocycles. The van der Waals surface area contributed by atoms with Crippen molar-refractivity contribution < 1.29 is 9.59 Å². The summed E-state index contributed by atoms with van der Waals surface area (Å²) in [4.78, 5) is 23.8. The van der Waals surface area contributed by atoms with Gasteiger partial charge in [-0.15, -0.1) is 16.4 Å². The smallest absolute Gasteiger partial charge is 0.240 e. The van der Waals surface area contributed by atoms with E-state index in [1.165, 1.54) is 11.8 Å². The van der Waals surface area contributed by atoms with Gasteiger partial charge in [0.2, 0.25) is 11.8 Å². The number of rotatable bonds is 4. The van der Waals surface area contributed by atoms with Gasteiger partial charge in [0.1, 0.15) is 5.25 Å². The number of nitrogens with one attached hydrogen (secondary N) is 2. The van der Waals surface area contributed by atoms with Gasteiger partial charge < -0.3 is 10.6 Å². The first kappa shape index (κ1) is 13.8. The molecule has 0 aliphatic carbocycles. The highest BCUT2D eigenvalue weighted by Crippen LogP contribution is 2.22. The molecule has 1 fully saturated rings. The number of hydrogen-bond acceptors (Lipinski definition) is 6. The van der Waals surface area contributed by atoms with Gasteiger partial charge in [-0.3, -0.25) is 9.59 Å². The molecule has 0 aromatic carbocycles. The maximum Gasteiger partial charge on any atom is 0.240 e. The molecule has 1 aliphatic rings. The van der Waals surface area contributed by atoms with Crippen molar-refractivity contribution >= 4 is 46.3 Å². The molecule has 0 spiro atoms. The van der Waals surface area contributed by atoms with Crippen molar-refractivity contribution in [3.63, 3.8) is 0 Å². The van der Waals surface area contributed by atoms with E-state index in [4.69, 9.17) is 0 Å². The van der Waals surface area contributed by atoms with Crippen LogP contribution in [0.4, 0.5) is 0 Å². The lowest BCUT2D eigenvalue weighted by Crippen LogP contribution is -2.29. The van der Waals surface area contributed by atoms with Crippen molar-refractivity contribution in [2.75, 3.05) is 7.05 Å². The Labute approximate surface area is 118 Å². The molecule has 1 saturated heterocycles. The number of thioether (sulfide) groups is 1. The van der Waals surface area contributed by atoms with E-state index in [9.17, 15) is 9.59 Å². The second-order valence-corrected chi connectivity index (χ2v) is 5.81. The van der Waals surface area contributed by atoms with Crippen LogP contribution in [0.15, 0.2) is 27.7 Å². The van der Waals surface area contributed by atoms with Crippen LogP contribution in [0, 0.1) is 0 Å². The fourth-order valence-corrected chi connectivity index (χ4v) is 2.86. The van der Waals surface area contributed by atoms with Crippen molar-refractivity contribution in [3.8, 4) is 0 Å². The number of carbonyl (C=O) groups excluding carboxylic acids is 2. The molecule has 2 N–H and O–H groups in total. The summed E-state index contributed by atoms with van der Waals surface area (Å²) in [5.74, 6) is -0.380. The summed E-state index contributed by atoms with van der Waals surface area (Å²) in [6.07, 6.45) is 1.76. The number of hydrogen-bond donors (Lipinski definition) is 2. The standard InChI is InChI=1S/C11H12N4O2S2/c1-12-9(16)5-8-10(17)14-11(19-8)15-13-6-7-3-2-4-18-7/h2-4,6,8H,5H2,1H3,(H,12,16)(H,14,15,17)/b13-6+. The molecule has 8 heteroatoms. The largest absolute Gasteiger partial charge is 0.359 e. The Morgan fingerprint density at radius 1 is 1.63 bits per heavy atom. The molecule has 1 aromatic heterocycles. The molecular weight excluding hydrogens is 284 g/mol. The predicted molar refractivity (Wildman–Crippen MR) is 77.6 cm³/mol. The van der Waals surface area contributed by atoms with E-state index in [1.807, 2.05) is 17.5 Å². The number of nitrogens with zero attached hydrogens (tertiary/aromatic N) is 2. The Hall–Kier alpha value is -1.67. The van der Waals surface area contributed by atoms with Gasteiger partial charge in [0.15, 0.2) is 5.17 Å². The molecule has 6 nitrogen and oxygen atoms in total. The summed E-state index contributed by atoms with van der Waals surface area (Å²) >= 11 is 2.77. The third-order valence-corrected chi connectivity index (χ3v) is 4.18. The number of amidine groups is 1. The molecule has 2 rings (SSSR count). The zero-order chi connectivity index (χ0) is 13.7.